The topological polar surface area (TPSA) is 69.7 Å². The molecule has 0 unspecified atom stereocenters. The van der Waals surface area contributed by atoms with Gasteiger partial charge in [0.1, 0.15) is 5.60 Å². The van der Waals surface area contributed by atoms with Gasteiger partial charge in [0.15, 0.2) is 0 Å². The average molecular weight is 272 g/mol. The smallest absolute Gasteiger partial charge is 0.313 e. The van der Waals surface area contributed by atoms with E-state index >= 15 is 0 Å². The SMILES string of the molecule is CCCCC(=O)OC(=O)CCCC(=O)OC(C)(C)C. The molecule has 0 aliphatic rings. The summed E-state index contributed by atoms with van der Waals surface area (Å²) in [5.74, 6) is -1.42. The second-order valence-electron chi connectivity index (χ2n) is 5.39. The molecule has 0 heterocycles. The number of hydrogen-bond acceptors (Lipinski definition) is 5. The highest BCUT2D eigenvalue weighted by molar-refractivity contribution is 5.85. The van der Waals surface area contributed by atoms with Crippen molar-refractivity contribution in [2.24, 2.45) is 0 Å². The van der Waals surface area contributed by atoms with Crippen molar-refractivity contribution in [1.29, 1.82) is 0 Å². The summed E-state index contributed by atoms with van der Waals surface area (Å²) in [4.78, 5) is 33.8. The third-order valence-corrected chi connectivity index (χ3v) is 2.14. The molecular weight excluding hydrogens is 248 g/mol. The summed E-state index contributed by atoms with van der Waals surface area (Å²) >= 11 is 0. The van der Waals surface area contributed by atoms with Crippen molar-refractivity contribution in [1.82, 2.24) is 0 Å². The maximum atomic E-state index is 11.4. The molecule has 0 atom stereocenters. The van der Waals surface area contributed by atoms with E-state index in [-0.39, 0.29) is 25.2 Å². The van der Waals surface area contributed by atoms with E-state index in [0.717, 1.165) is 6.42 Å². The first-order chi connectivity index (χ1) is 8.74. The van der Waals surface area contributed by atoms with Crippen LogP contribution in [0.1, 0.15) is 66.2 Å². The molecule has 0 saturated carbocycles. The van der Waals surface area contributed by atoms with Gasteiger partial charge in [0.05, 0.1) is 0 Å². The van der Waals surface area contributed by atoms with Crippen LogP contribution in [-0.4, -0.2) is 23.5 Å². The molecule has 5 nitrogen and oxygen atoms in total. The van der Waals surface area contributed by atoms with Gasteiger partial charge in [-0.05, 0) is 33.6 Å². The molecule has 0 aliphatic carbocycles. The van der Waals surface area contributed by atoms with Crippen molar-refractivity contribution in [3.05, 3.63) is 0 Å². The molecule has 0 saturated heterocycles. The predicted octanol–water partition coefficient (Wildman–Crippen LogP) is 2.76. The molecule has 19 heavy (non-hydrogen) atoms. The molecule has 0 radical (unpaired) electrons. The fraction of sp³-hybridized carbons (Fsp3) is 0.786. The second-order valence-corrected chi connectivity index (χ2v) is 5.39. The van der Waals surface area contributed by atoms with Crippen LogP contribution in [-0.2, 0) is 23.9 Å². The number of hydrogen-bond donors (Lipinski definition) is 0. The molecule has 0 aromatic rings. The summed E-state index contributed by atoms with van der Waals surface area (Å²) in [6.07, 6.45) is 2.38. The van der Waals surface area contributed by atoms with Gasteiger partial charge in [-0.15, -0.1) is 0 Å². The van der Waals surface area contributed by atoms with Gasteiger partial charge in [0.2, 0.25) is 0 Å². The molecule has 0 aromatic heterocycles. The first kappa shape index (κ1) is 17.6. The Labute approximate surface area is 114 Å². The Kier molecular flexibility index (Phi) is 8.03. The Morgan fingerprint density at radius 1 is 0.842 bits per heavy atom. The van der Waals surface area contributed by atoms with E-state index in [1.54, 1.807) is 20.8 Å². The van der Waals surface area contributed by atoms with Crippen LogP contribution < -0.4 is 0 Å². The molecule has 5 heteroatoms. The van der Waals surface area contributed by atoms with Crippen LogP contribution in [0.25, 0.3) is 0 Å². The molecule has 0 spiro atoms. The lowest BCUT2D eigenvalue weighted by Crippen LogP contribution is -2.23. The minimum absolute atomic E-state index is 0.0527. The van der Waals surface area contributed by atoms with Crippen molar-refractivity contribution in [2.75, 3.05) is 0 Å². The van der Waals surface area contributed by atoms with E-state index in [2.05, 4.69) is 4.74 Å². The van der Waals surface area contributed by atoms with Gasteiger partial charge in [-0.1, -0.05) is 13.3 Å². The Balaban J connectivity index is 3.74. The molecule has 0 bridgehead atoms. The quantitative estimate of drug-likeness (QED) is 0.526. The number of esters is 3. The van der Waals surface area contributed by atoms with E-state index < -0.39 is 17.5 Å². The Morgan fingerprint density at radius 2 is 1.32 bits per heavy atom. The Morgan fingerprint density at radius 3 is 1.79 bits per heavy atom. The lowest BCUT2D eigenvalue weighted by atomic mass is 10.2. The molecular formula is C14H24O5. The van der Waals surface area contributed by atoms with Crippen molar-refractivity contribution in [3.8, 4) is 0 Å². The normalized spacial score (nSPS) is 10.9. The van der Waals surface area contributed by atoms with Gasteiger partial charge in [0, 0.05) is 19.3 Å². The standard InChI is InChI=1S/C14H24O5/c1-5-6-8-11(15)18-12(16)9-7-10-13(17)19-14(2,3)4/h5-10H2,1-4H3. The molecule has 0 fully saturated rings. The minimum Gasteiger partial charge on any atom is -0.460 e. The summed E-state index contributed by atoms with van der Waals surface area (Å²) in [5, 5.41) is 0. The summed E-state index contributed by atoms with van der Waals surface area (Å²) in [5.41, 5.74) is -0.520. The molecule has 0 amide bonds. The van der Waals surface area contributed by atoms with Crippen molar-refractivity contribution >= 4 is 17.9 Å². The highest BCUT2D eigenvalue weighted by Gasteiger charge is 2.17. The largest absolute Gasteiger partial charge is 0.460 e. The van der Waals surface area contributed by atoms with E-state index in [4.69, 9.17) is 4.74 Å². The summed E-state index contributed by atoms with van der Waals surface area (Å²) < 4.78 is 9.70. The molecule has 110 valence electrons. The van der Waals surface area contributed by atoms with Crippen molar-refractivity contribution in [2.45, 2.75) is 71.8 Å². The third-order valence-electron chi connectivity index (χ3n) is 2.14. The van der Waals surface area contributed by atoms with E-state index in [9.17, 15) is 14.4 Å². The maximum Gasteiger partial charge on any atom is 0.313 e. The Hall–Kier alpha value is -1.39. The van der Waals surface area contributed by atoms with Gasteiger partial charge in [-0.2, -0.15) is 0 Å². The van der Waals surface area contributed by atoms with E-state index in [1.807, 2.05) is 6.92 Å². The predicted molar refractivity (Wildman–Crippen MR) is 70.3 cm³/mol. The van der Waals surface area contributed by atoms with Crippen LogP contribution in [0.5, 0.6) is 0 Å². The lowest BCUT2D eigenvalue weighted by molar-refractivity contribution is -0.159. The van der Waals surface area contributed by atoms with Gasteiger partial charge in [-0.25, -0.2) is 0 Å². The highest BCUT2D eigenvalue weighted by atomic mass is 16.6. The first-order valence-corrected chi connectivity index (χ1v) is 6.70. The van der Waals surface area contributed by atoms with E-state index in [1.165, 1.54) is 0 Å². The zero-order chi connectivity index (χ0) is 14.9. The van der Waals surface area contributed by atoms with Crippen molar-refractivity contribution < 1.29 is 23.9 Å². The number of rotatable bonds is 7. The molecule has 0 aliphatic heterocycles. The van der Waals surface area contributed by atoms with Crippen molar-refractivity contribution in [3.63, 3.8) is 0 Å². The van der Waals surface area contributed by atoms with Crippen LogP contribution >= 0.6 is 0 Å². The zero-order valence-corrected chi connectivity index (χ0v) is 12.3. The number of unbranched alkanes of at least 4 members (excludes halogenated alkanes) is 1. The van der Waals surface area contributed by atoms with E-state index in [0.29, 0.717) is 12.8 Å². The lowest BCUT2D eigenvalue weighted by Gasteiger charge is -2.19. The average Bonchev–Trinajstić information content (AvgIpc) is 2.23. The van der Waals surface area contributed by atoms with Crippen LogP contribution in [0.15, 0.2) is 0 Å². The van der Waals surface area contributed by atoms with Gasteiger partial charge in [0.25, 0.3) is 0 Å². The maximum absolute atomic E-state index is 11.4. The van der Waals surface area contributed by atoms with Gasteiger partial charge >= 0.3 is 17.9 Å². The molecule has 0 rings (SSSR count). The Bertz CT molecular complexity index is 314. The van der Waals surface area contributed by atoms with Gasteiger partial charge < -0.3 is 9.47 Å². The minimum atomic E-state index is -0.579. The highest BCUT2D eigenvalue weighted by Crippen LogP contribution is 2.10. The number of carbonyl (C=O) groups excluding carboxylic acids is 3. The monoisotopic (exact) mass is 272 g/mol. The van der Waals surface area contributed by atoms with Crippen LogP contribution in [0.4, 0.5) is 0 Å². The second kappa shape index (κ2) is 8.67. The third kappa shape index (κ3) is 11.4. The zero-order valence-electron chi connectivity index (χ0n) is 12.3. The van der Waals surface area contributed by atoms with Crippen LogP contribution in [0.2, 0.25) is 0 Å². The first-order valence-electron chi connectivity index (χ1n) is 6.70. The number of carbonyl (C=O) groups is 3. The molecule has 0 aromatic carbocycles. The fourth-order valence-electron chi connectivity index (χ4n) is 1.32. The summed E-state index contributed by atoms with van der Waals surface area (Å²) in [7, 11) is 0. The molecule has 0 N–H and O–H groups in total. The fourth-order valence-corrected chi connectivity index (χ4v) is 1.32. The summed E-state index contributed by atoms with van der Waals surface area (Å²) in [6.45, 7) is 7.30. The van der Waals surface area contributed by atoms with Crippen LogP contribution in [0, 0.1) is 0 Å². The van der Waals surface area contributed by atoms with Crippen LogP contribution in [0.3, 0.4) is 0 Å². The number of ether oxygens (including phenoxy) is 2. The summed E-state index contributed by atoms with van der Waals surface area (Å²) in [6, 6.07) is 0. The van der Waals surface area contributed by atoms with Gasteiger partial charge in [-0.3, -0.25) is 14.4 Å².